The van der Waals surface area contributed by atoms with Crippen molar-refractivity contribution < 1.29 is 19.7 Å². The van der Waals surface area contributed by atoms with Gasteiger partial charge in [-0.3, -0.25) is 0 Å². The topological polar surface area (TPSA) is 78.8 Å². The van der Waals surface area contributed by atoms with Crippen molar-refractivity contribution in [3.05, 3.63) is 89.0 Å². The Bertz CT molecular complexity index is 1160. The second-order valence-electron chi connectivity index (χ2n) is 9.84. The molecule has 0 saturated heterocycles. The number of carboxylic acid groups (broad SMARTS) is 1. The Balaban J connectivity index is 1.57. The first-order chi connectivity index (χ1) is 17.1. The van der Waals surface area contributed by atoms with E-state index in [0.717, 1.165) is 23.1 Å². The van der Waals surface area contributed by atoms with E-state index in [4.69, 9.17) is 4.74 Å². The number of aliphatic hydroxyl groups is 1. The van der Waals surface area contributed by atoms with Gasteiger partial charge in [-0.2, -0.15) is 0 Å². The highest BCUT2D eigenvalue weighted by Gasteiger charge is 2.20. The molecule has 0 amide bonds. The number of hydrogen-bond acceptors (Lipinski definition) is 5. The summed E-state index contributed by atoms with van der Waals surface area (Å²) in [6.45, 7) is 8.69. The Morgan fingerprint density at radius 2 is 1.78 bits per heavy atom. The molecular formula is C30H37NO4S. The molecule has 3 aromatic carbocycles. The first-order valence-corrected chi connectivity index (χ1v) is 13.4. The van der Waals surface area contributed by atoms with Crippen LogP contribution in [0, 0.1) is 6.92 Å². The van der Waals surface area contributed by atoms with Crippen molar-refractivity contribution in [2.45, 2.75) is 56.8 Å². The highest BCUT2D eigenvalue weighted by atomic mass is 32.2. The number of aromatic carboxylic acids is 1. The molecule has 0 aliphatic rings. The maximum absolute atomic E-state index is 11.4. The van der Waals surface area contributed by atoms with Crippen LogP contribution in [0.25, 0.3) is 11.1 Å². The van der Waals surface area contributed by atoms with Crippen LogP contribution in [0.5, 0.6) is 0 Å². The minimum absolute atomic E-state index is 0.167. The van der Waals surface area contributed by atoms with Crippen LogP contribution >= 0.6 is 11.8 Å². The van der Waals surface area contributed by atoms with E-state index in [0.29, 0.717) is 17.7 Å². The van der Waals surface area contributed by atoms with Gasteiger partial charge >= 0.3 is 5.97 Å². The van der Waals surface area contributed by atoms with Crippen LogP contribution in [0.15, 0.2) is 71.6 Å². The number of benzene rings is 3. The number of aliphatic hydroxyl groups excluding tert-OH is 1. The third kappa shape index (κ3) is 7.68. The van der Waals surface area contributed by atoms with Crippen molar-refractivity contribution in [2.75, 3.05) is 19.4 Å². The average molecular weight is 508 g/mol. The standard InChI is InChI=1S/C30H37NO4S/c1-20-16-23(12-15-26(20)29(33)34)28-9-7-6-8-27(28)21(2)35-19-24(32)18-31-30(3,4)17-22-10-13-25(36-5)14-11-22/h6-16,21,24,31-32H,17-19H2,1-5H3,(H,33,34)/t21-,24-/m1/s1. The fourth-order valence-corrected chi connectivity index (χ4v) is 4.71. The van der Waals surface area contributed by atoms with Crippen molar-refractivity contribution in [1.29, 1.82) is 0 Å². The summed E-state index contributed by atoms with van der Waals surface area (Å²) in [6.07, 6.45) is 2.05. The zero-order chi connectivity index (χ0) is 26.3. The van der Waals surface area contributed by atoms with E-state index in [2.05, 4.69) is 49.7 Å². The van der Waals surface area contributed by atoms with Crippen LogP contribution in [-0.2, 0) is 11.2 Å². The molecule has 0 bridgehead atoms. The number of thioether (sulfide) groups is 1. The molecule has 192 valence electrons. The zero-order valence-corrected chi connectivity index (χ0v) is 22.6. The highest BCUT2D eigenvalue weighted by molar-refractivity contribution is 7.98. The smallest absolute Gasteiger partial charge is 0.335 e. The Morgan fingerprint density at radius 1 is 1.08 bits per heavy atom. The molecule has 3 N–H and O–H groups in total. The molecule has 0 unspecified atom stereocenters. The van der Waals surface area contributed by atoms with Crippen molar-refractivity contribution in [3.8, 4) is 11.1 Å². The van der Waals surface area contributed by atoms with Gasteiger partial charge in [-0.05, 0) is 86.4 Å². The molecule has 6 heteroatoms. The second kappa shape index (κ2) is 12.5. The van der Waals surface area contributed by atoms with Crippen LogP contribution in [-0.4, -0.2) is 47.2 Å². The van der Waals surface area contributed by atoms with Gasteiger partial charge in [-0.15, -0.1) is 11.8 Å². The van der Waals surface area contributed by atoms with Gasteiger partial charge in [0.2, 0.25) is 0 Å². The largest absolute Gasteiger partial charge is 0.478 e. The summed E-state index contributed by atoms with van der Waals surface area (Å²) in [5, 5.41) is 23.4. The van der Waals surface area contributed by atoms with Crippen molar-refractivity contribution in [2.24, 2.45) is 0 Å². The summed E-state index contributed by atoms with van der Waals surface area (Å²) >= 11 is 1.73. The maximum Gasteiger partial charge on any atom is 0.335 e. The SMILES string of the molecule is CSc1ccc(CC(C)(C)NC[C@@H](O)CO[C@H](C)c2ccccc2-c2ccc(C(=O)O)c(C)c2)cc1. The number of rotatable bonds is 12. The summed E-state index contributed by atoms with van der Waals surface area (Å²) in [7, 11) is 0. The number of aryl methyl sites for hydroxylation is 1. The molecule has 2 atom stereocenters. The number of ether oxygens (including phenoxy) is 1. The molecule has 36 heavy (non-hydrogen) atoms. The van der Waals surface area contributed by atoms with Crippen LogP contribution in [0.1, 0.15) is 53.9 Å². The van der Waals surface area contributed by atoms with Gasteiger partial charge in [0.15, 0.2) is 0 Å². The summed E-state index contributed by atoms with van der Waals surface area (Å²) in [4.78, 5) is 12.6. The lowest BCUT2D eigenvalue weighted by molar-refractivity contribution is -0.00397. The Kier molecular flexibility index (Phi) is 9.74. The van der Waals surface area contributed by atoms with Gasteiger partial charge < -0.3 is 20.3 Å². The molecule has 0 radical (unpaired) electrons. The second-order valence-corrected chi connectivity index (χ2v) is 10.7. The van der Waals surface area contributed by atoms with E-state index in [1.807, 2.05) is 43.3 Å². The van der Waals surface area contributed by atoms with Crippen LogP contribution < -0.4 is 5.32 Å². The summed E-state index contributed by atoms with van der Waals surface area (Å²) in [6, 6.07) is 21.9. The zero-order valence-electron chi connectivity index (χ0n) is 21.7. The summed E-state index contributed by atoms with van der Waals surface area (Å²) in [5.74, 6) is -0.927. The number of β-amino-alcohol motifs (C(OH)–C–C–N with tert-alkyl or cyclic N) is 1. The number of hydrogen-bond donors (Lipinski definition) is 3. The van der Waals surface area contributed by atoms with E-state index in [9.17, 15) is 15.0 Å². The van der Waals surface area contributed by atoms with Gasteiger partial charge in [0.05, 0.1) is 24.4 Å². The lowest BCUT2D eigenvalue weighted by atomic mass is 9.94. The van der Waals surface area contributed by atoms with Crippen LogP contribution in [0.3, 0.4) is 0 Å². The van der Waals surface area contributed by atoms with Crippen molar-refractivity contribution in [1.82, 2.24) is 5.32 Å². The normalized spacial score (nSPS) is 13.4. The Labute approximate surface area is 218 Å². The molecule has 0 heterocycles. The van der Waals surface area contributed by atoms with Crippen LogP contribution in [0.4, 0.5) is 0 Å². The van der Waals surface area contributed by atoms with E-state index in [1.54, 1.807) is 24.8 Å². The summed E-state index contributed by atoms with van der Waals surface area (Å²) in [5.41, 5.74) is 5.04. The van der Waals surface area contributed by atoms with Gasteiger partial charge in [0.1, 0.15) is 0 Å². The molecular weight excluding hydrogens is 470 g/mol. The first kappa shape index (κ1) is 27.9. The summed E-state index contributed by atoms with van der Waals surface area (Å²) < 4.78 is 6.07. The molecule has 0 saturated carbocycles. The van der Waals surface area contributed by atoms with Gasteiger partial charge in [0.25, 0.3) is 0 Å². The predicted molar refractivity (Wildman–Crippen MR) is 148 cm³/mol. The van der Waals surface area contributed by atoms with E-state index in [1.165, 1.54) is 10.5 Å². The fourth-order valence-electron chi connectivity index (χ4n) is 4.30. The van der Waals surface area contributed by atoms with Crippen molar-refractivity contribution in [3.63, 3.8) is 0 Å². The minimum atomic E-state index is -0.927. The van der Waals surface area contributed by atoms with E-state index < -0.39 is 12.1 Å². The van der Waals surface area contributed by atoms with Gasteiger partial charge in [0, 0.05) is 17.0 Å². The van der Waals surface area contributed by atoms with E-state index in [-0.39, 0.29) is 18.2 Å². The number of nitrogens with one attached hydrogen (secondary N) is 1. The lowest BCUT2D eigenvalue weighted by Crippen LogP contribution is -2.46. The number of carboxylic acids is 1. The Morgan fingerprint density at radius 3 is 2.42 bits per heavy atom. The van der Waals surface area contributed by atoms with Gasteiger partial charge in [-0.1, -0.05) is 48.5 Å². The van der Waals surface area contributed by atoms with E-state index >= 15 is 0 Å². The fraction of sp³-hybridized carbons (Fsp3) is 0.367. The molecule has 3 rings (SSSR count). The van der Waals surface area contributed by atoms with Gasteiger partial charge in [-0.25, -0.2) is 4.79 Å². The maximum atomic E-state index is 11.4. The molecule has 3 aromatic rings. The predicted octanol–water partition coefficient (Wildman–Crippen LogP) is 6.13. The number of carbonyl (C=O) groups is 1. The molecule has 0 fully saturated rings. The van der Waals surface area contributed by atoms with Crippen LogP contribution in [0.2, 0.25) is 0 Å². The molecule has 0 aliphatic carbocycles. The van der Waals surface area contributed by atoms with Crippen molar-refractivity contribution >= 4 is 17.7 Å². The molecule has 0 spiro atoms. The lowest BCUT2D eigenvalue weighted by Gasteiger charge is -2.28. The molecule has 5 nitrogen and oxygen atoms in total. The minimum Gasteiger partial charge on any atom is -0.478 e. The third-order valence-electron chi connectivity index (χ3n) is 6.33. The molecule has 0 aliphatic heterocycles. The third-order valence-corrected chi connectivity index (χ3v) is 7.07. The Hall–Kier alpha value is -2.64. The monoisotopic (exact) mass is 507 g/mol. The first-order valence-electron chi connectivity index (χ1n) is 12.2. The average Bonchev–Trinajstić information content (AvgIpc) is 2.86. The highest BCUT2D eigenvalue weighted by Crippen LogP contribution is 2.31. The molecule has 0 aromatic heterocycles. The quantitative estimate of drug-likeness (QED) is 0.256.